The third kappa shape index (κ3) is 18.4. The number of aromatic nitrogens is 10. The Labute approximate surface area is 623 Å². The van der Waals surface area contributed by atoms with Gasteiger partial charge in [0.2, 0.25) is 10.0 Å². The predicted molar refractivity (Wildman–Crippen MR) is 423 cm³/mol. The molecule has 3 fully saturated rings. The molecule has 3 aliphatic heterocycles. The number of nitrogens with one attached hydrogen (secondary N) is 8. The molecular weight excluding hydrogens is 1390 g/mol. The largest absolute Gasteiger partial charge is 0.378 e. The molecule has 108 heavy (non-hydrogen) atoms. The molecule has 3 aliphatic rings. The lowest BCUT2D eigenvalue weighted by molar-refractivity contribution is 0.0909. The Kier molecular flexibility index (Phi) is 22.2. The van der Waals surface area contributed by atoms with E-state index in [9.17, 15) is 32.4 Å². The fraction of sp³-hybridized carbons (Fsp3) is 0.275. The molecule has 15 rings (SSSR count). The number of anilines is 8. The quantitative estimate of drug-likeness (QED) is 0.0473. The molecule has 2 amide bonds. The molecule has 554 valence electrons. The highest BCUT2D eigenvalue weighted by molar-refractivity contribution is 7.88. The van der Waals surface area contributed by atoms with Crippen LogP contribution in [0.3, 0.4) is 0 Å². The number of fused-ring (bicyclic) bond motifs is 3. The Morgan fingerprint density at radius 2 is 0.806 bits per heavy atom. The van der Waals surface area contributed by atoms with E-state index >= 15 is 0 Å². The number of hydrogen-bond acceptors (Lipinski definition) is 21. The SMILES string of the molecule is CC(C)(C)NC(=O)c1cncc(-c2cc3cc[nH]c(=O)c3c(Nc3ccc(N4CCOCC4)cc3)n2)c1.CC(C)(C)NC(=O)c1cncc(-c2cc3cc[nH]c(=O)c3c(Nc3ccc(N4CCOCC4)cc3)n2)c1.CS(=O)(=O)N1CCC(c2ccc(Nc3nc(-c4cncnc4)cc4cc[nH]c(=O)c34)cc2)CC1. The lowest BCUT2D eigenvalue weighted by atomic mass is 9.90. The van der Waals surface area contributed by atoms with Gasteiger partial charge in [0.15, 0.2) is 0 Å². The molecule has 8 N–H and O–H groups in total. The molecule has 0 bridgehead atoms. The minimum atomic E-state index is -3.14. The molecule has 0 aliphatic carbocycles. The third-order valence-electron chi connectivity index (χ3n) is 18.3. The second kappa shape index (κ2) is 32.3. The van der Waals surface area contributed by atoms with Crippen molar-refractivity contribution in [1.82, 2.24) is 64.8 Å². The van der Waals surface area contributed by atoms with Crippen molar-refractivity contribution in [2.75, 3.05) is 97.7 Å². The van der Waals surface area contributed by atoms with Crippen molar-refractivity contribution in [3.8, 4) is 33.8 Å². The van der Waals surface area contributed by atoms with Gasteiger partial charge in [0.05, 0.1) is 77.1 Å². The first kappa shape index (κ1) is 74.2. The van der Waals surface area contributed by atoms with Crippen LogP contribution in [-0.2, 0) is 19.5 Å². The highest BCUT2D eigenvalue weighted by atomic mass is 32.2. The number of nitrogens with zero attached hydrogens (tertiary/aromatic N) is 10. The third-order valence-corrected chi connectivity index (χ3v) is 19.6. The average molecular weight is 1470 g/mol. The number of rotatable bonds is 15. The number of hydrogen-bond donors (Lipinski definition) is 8. The lowest BCUT2D eigenvalue weighted by Crippen LogP contribution is -2.40. The second-order valence-electron chi connectivity index (χ2n) is 28.6. The molecule has 12 aromatic rings. The maximum Gasteiger partial charge on any atom is 0.259 e. The fourth-order valence-corrected chi connectivity index (χ4v) is 13.8. The number of carbonyl (C=O) groups excluding carboxylic acids is 2. The van der Waals surface area contributed by atoms with Crippen LogP contribution in [0, 0.1) is 0 Å². The van der Waals surface area contributed by atoms with E-state index in [1.165, 1.54) is 30.5 Å². The van der Waals surface area contributed by atoms with Gasteiger partial charge >= 0.3 is 0 Å². The van der Waals surface area contributed by atoms with Gasteiger partial charge in [-0.25, -0.2) is 37.6 Å². The Morgan fingerprint density at radius 3 is 1.17 bits per heavy atom. The zero-order valence-electron chi connectivity index (χ0n) is 60.9. The first-order valence-corrected chi connectivity index (χ1v) is 37.4. The van der Waals surface area contributed by atoms with Crippen molar-refractivity contribution < 1.29 is 27.5 Å². The zero-order valence-corrected chi connectivity index (χ0v) is 61.8. The van der Waals surface area contributed by atoms with Crippen molar-refractivity contribution in [3.63, 3.8) is 0 Å². The van der Waals surface area contributed by atoms with E-state index in [0.717, 1.165) is 116 Å². The van der Waals surface area contributed by atoms with Gasteiger partial charge in [-0.2, -0.15) is 0 Å². The van der Waals surface area contributed by atoms with E-state index in [0.29, 0.717) is 92.0 Å². The highest BCUT2D eigenvalue weighted by Crippen LogP contribution is 2.35. The van der Waals surface area contributed by atoms with Crippen LogP contribution in [0.5, 0.6) is 0 Å². The van der Waals surface area contributed by atoms with Crippen LogP contribution in [0.1, 0.15) is 86.6 Å². The van der Waals surface area contributed by atoms with Crippen LogP contribution in [0.2, 0.25) is 0 Å². The predicted octanol–water partition coefficient (Wildman–Crippen LogP) is 11.4. The summed E-state index contributed by atoms with van der Waals surface area (Å²) in [5.41, 5.74) is 9.23. The van der Waals surface area contributed by atoms with E-state index in [1.54, 1.807) is 59.8 Å². The highest BCUT2D eigenvalue weighted by Gasteiger charge is 2.27. The van der Waals surface area contributed by atoms with E-state index < -0.39 is 10.0 Å². The molecule has 9 aromatic heterocycles. The smallest absolute Gasteiger partial charge is 0.259 e. The maximum atomic E-state index is 12.8. The van der Waals surface area contributed by atoms with Gasteiger partial charge in [-0.05, 0) is 191 Å². The number of carbonyl (C=O) groups is 2. The number of aromatic amines is 3. The summed E-state index contributed by atoms with van der Waals surface area (Å²) in [5, 5.41) is 19.5. The van der Waals surface area contributed by atoms with Crippen molar-refractivity contribution in [2.45, 2.75) is 71.4 Å². The summed E-state index contributed by atoms with van der Waals surface area (Å²) >= 11 is 0. The zero-order chi connectivity index (χ0) is 75.7. The number of H-pyrrole nitrogens is 3. The average Bonchev–Trinajstić information content (AvgIpc) is 0.787. The molecular formula is C80H84N18O9S. The van der Waals surface area contributed by atoms with Crippen molar-refractivity contribution in [3.05, 3.63) is 231 Å². The molecule has 0 unspecified atom stereocenters. The summed E-state index contributed by atoms with van der Waals surface area (Å²) < 4.78 is 35.9. The number of sulfonamides is 1. The lowest BCUT2D eigenvalue weighted by Gasteiger charge is -2.30. The second-order valence-corrected chi connectivity index (χ2v) is 30.5. The Hall–Kier alpha value is -12.1. The van der Waals surface area contributed by atoms with E-state index in [2.05, 4.69) is 71.3 Å². The maximum absolute atomic E-state index is 12.8. The molecule has 0 atom stereocenters. The molecule has 12 heterocycles. The van der Waals surface area contributed by atoms with Gasteiger partial charge in [-0.3, -0.25) is 33.9 Å². The van der Waals surface area contributed by atoms with Crippen molar-refractivity contribution in [2.24, 2.45) is 0 Å². The Bertz CT molecular complexity index is 5310. The standard InChI is InChI=1S/2C28H30N6O3.C24H24N6O3S/c2*1-28(2,3)33-26(35)20-14-19(16-29-17-20)23-15-18-8-9-30-27(36)24(18)25(32-23)31-21-4-6-22(7-5-21)34-10-12-37-13-11-34;1-34(32,33)30-10-7-17(8-11-30)16-2-4-20(5-3-16)28-23-22-18(6-9-27-24(22)31)12-21(29-23)19-13-25-15-26-14-19/h2*4-9,14-17H,10-13H2,1-3H3,(H,30,36)(H,31,32)(H,33,35);2-6,9,12-15,17H,7-8,10-11H2,1H3,(H,27,31)(H,28,29). The van der Waals surface area contributed by atoms with Crippen molar-refractivity contribution >= 4 is 100 Å². The molecule has 28 heteroatoms. The van der Waals surface area contributed by atoms with Crippen LogP contribution in [0.25, 0.3) is 66.1 Å². The summed E-state index contributed by atoms with van der Waals surface area (Å²) in [6.45, 7) is 19.0. The number of ether oxygens (including phenoxy) is 2. The van der Waals surface area contributed by atoms with Crippen LogP contribution in [-0.4, -0.2) is 157 Å². The van der Waals surface area contributed by atoms with Gasteiger partial charge in [0.1, 0.15) is 23.8 Å². The number of morpholine rings is 2. The first-order valence-electron chi connectivity index (χ1n) is 35.5. The summed E-state index contributed by atoms with van der Waals surface area (Å²) in [7, 11) is -3.14. The number of piperidine rings is 1. The Balaban J connectivity index is 0.000000143. The van der Waals surface area contributed by atoms with Gasteiger partial charge in [-0.15, -0.1) is 0 Å². The molecule has 3 saturated heterocycles. The minimum absolute atomic E-state index is 0.210. The number of amides is 2. The molecule has 0 spiro atoms. The van der Waals surface area contributed by atoms with Crippen LogP contribution < -0.4 is 53.1 Å². The fourth-order valence-electron chi connectivity index (χ4n) is 12.9. The monoisotopic (exact) mass is 1470 g/mol. The van der Waals surface area contributed by atoms with E-state index in [1.807, 2.05) is 151 Å². The first-order chi connectivity index (χ1) is 51.9. The molecule has 0 saturated carbocycles. The summed E-state index contributed by atoms with van der Waals surface area (Å²) in [5.74, 6) is 1.20. The van der Waals surface area contributed by atoms with Crippen molar-refractivity contribution in [1.29, 1.82) is 0 Å². The number of pyridine rings is 8. The summed E-state index contributed by atoms with van der Waals surface area (Å²) in [4.78, 5) is 107. The molecule has 3 aromatic carbocycles. The van der Waals surface area contributed by atoms with Gasteiger partial charge < -0.3 is 60.8 Å². The van der Waals surface area contributed by atoms with E-state index in [4.69, 9.17) is 24.4 Å². The Morgan fingerprint density at radius 1 is 0.454 bits per heavy atom. The van der Waals surface area contributed by atoms with Crippen LogP contribution in [0.4, 0.5) is 45.9 Å². The van der Waals surface area contributed by atoms with E-state index in [-0.39, 0.29) is 39.6 Å². The molecule has 27 nitrogen and oxygen atoms in total. The topological polar surface area (TPSA) is 345 Å². The normalized spacial score (nSPS) is 14.4. The number of benzene rings is 3. The van der Waals surface area contributed by atoms with Gasteiger partial charge in [0.25, 0.3) is 28.5 Å². The van der Waals surface area contributed by atoms with Gasteiger partial charge in [-0.1, -0.05) is 12.1 Å². The summed E-state index contributed by atoms with van der Waals surface area (Å²) in [6.07, 6.45) is 18.9. The van der Waals surface area contributed by atoms with Gasteiger partial charge in [0, 0.05) is 151 Å². The van der Waals surface area contributed by atoms with Crippen LogP contribution >= 0.6 is 0 Å². The van der Waals surface area contributed by atoms with Crippen LogP contribution in [0.15, 0.2) is 198 Å². The molecule has 0 radical (unpaired) electrons. The minimum Gasteiger partial charge on any atom is -0.378 e. The summed E-state index contributed by atoms with van der Waals surface area (Å²) in [6, 6.07) is 38.6.